The maximum atomic E-state index is 13.5. The minimum absolute atomic E-state index is 0.175. The second kappa shape index (κ2) is 4.09. The van der Waals surface area contributed by atoms with Crippen LogP contribution in [0.5, 0.6) is 0 Å². The van der Waals surface area contributed by atoms with Crippen LogP contribution in [0.4, 0.5) is 10.1 Å². The Morgan fingerprint density at radius 1 is 1.29 bits per heavy atom. The molecule has 2 aliphatic carbocycles. The molecule has 2 fully saturated rings. The van der Waals surface area contributed by atoms with Gasteiger partial charge in [0.1, 0.15) is 5.82 Å². The van der Waals surface area contributed by atoms with E-state index in [2.05, 4.69) is 15.9 Å². The van der Waals surface area contributed by atoms with Crippen LogP contribution in [-0.4, -0.2) is 11.9 Å². The van der Waals surface area contributed by atoms with Crippen molar-refractivity contribution in [2.24, 2.45) is 5.92 Å². The molecule has 90 valence electrons. The van der Waals surface area contributed by atoms with Crippen LogP contribution in [0.1, 0.15) is 25.7 Å². The molecule has 2 saturated carbocycles. The van der Waals surface area contributed by atoms with Crippen molar-refractivity contribution in [1.29, 1.82) is 0 Å². The van der Waals surface area contributed by atoms with Crippen LogP contribution in [0.3, 0.4) is 0 Å². The van der Waals surface area contributed by atoms with Gasteiger partial charge in [0.05, 0.1) is 4.47 Å². The first kappa shape index (κ1) is 11.2. The second-order valence-electron chi connectivity index (χ2n) is 4.81. The fraction of sp³-hybridized carbons (Fsp3) is 0.462. The molecule has 1 aromatic carbocycles. The average molecular weight is 298 g/mol. The summed E-state index contributed by atoms with van der Waals surface area (Å²) in [6.07, 6.45) is 4.05. The third-order valence-electron chi connectivity index (χ3n) is 3.26. The number of amides is 1. The molecule has 0 N–H and O–H groups in total. The van der Waals surface area contributed by atoms with Crippen LogP contribution in [0, 0.1) is 11.7 Å². The zero-order chi connectivity index (χ0) is 12.0. The molecular weight excluding hydrogens is 285 g/mol. The number of anilines is 1. The molecule has 0 aliphatic heterocycles. The van der Waals surface area contributed by atoms with Gasteiger partial charge in [-0.2, -0.15) is 0 Å². The Morgan fingerprint density at radius 3 is 2.53 bits per heavy atom. The van der Waals surface area contributed by atoms with E-state index >= 15 is 0 Å². The van der Waals surface area contributed by atoms with Gasteiger partial charge in [-0.25, -0.2) is 4.39 Å². The minimum Gasteiger partial charge on any atom is -0.309 e. The molecule has 0 heterocycles. The van der Waals surface area contributed by atoms with Crippen molar-refractivity contribution < 1.29 is 9.18 Å². The maximum absolute atomic E-state index is 13.5. The number of rotatable bonds is 3. The first-order chi connectivity index (χ1) is 8.16. The predicted octanol–water partition coefficient (Wildman–Crippen LogP) is 3.49. The van der Waals surface area contributed by atoms with Crippen LogP contribution >= 0.6 is 15.9 Å². The van der Waals surface area contributed by atoms with Crippen molar-refractivity contribution in [2.75, 3.05) is 4.90 Å². The maximum Gasteiger partial charge on any atom is 0.230 e. The molecule has 2 aliphatic rings. The summed E-state index contributed by atoms with van der Waals surface area (Å²) >= 11 is 3.13. The molecule has 0 unspecified atom stereocenters. The SMILES string of the molecule is O=C(C1CC1)N(c1ccc(Br)c(F)c1)C1CC1. The Labute approximate surface area is 108 Å². The summed E-state index contributed by atoms with van der Waals surface area (Å²) in [7, 11) is 0. The van der Waals surface area contributed by atoms with Gasteiger partial charge in [0.25, 0.3) is 0 Å². The fourth-order valence-corrected chi connectivity index (χ4v) is 2.26. The molecular formula is C13H13BrFNO. The van der Waals surface area contributed by atoms with E-state index in [1.54, 1.807) is 11.0 Å². The summed E-state index contributed by atoms with van der Waals surface area (Å²) in [5.41, 5.74) is 0.699. The third-order valence-corrected chi connectivity index (χ3v) is 3.90. The highest BCUT2D eigenvalue weighted by atomic mass is 79.9. The Bertz CT molecular complexity index is 468. The zero-order valence-corrected chi connectivity index (χ0v) is 10.9. The minimum atomic E-state index is -0.309. The summed E-state index contributed by atoms with van der Waals surface area (Å²) in [5.74, 6) is 0.0493. The van der Waals surface area contributed by atoms with E-state index in [-0.39, 0.29) is 17.6 Å². The summed E-state index contributed by atoms with van der Waals surface area (Å²) in [6.45, 7) is 0. The van der Waals surface area contributed by atoms with E-state index in [9.17, 15) is 9.18 Å². The van der Waals surface area contributed by atoms with Crippen LogP contribution in [-0.2, 0) is 4.79 Å². The molecule has 4 heteroatoms. The molecule has 0 saturated heterocycles. The van der Waals surface area contributed by atoms with Crippen molar-refractivity contribution in [3.05, 3.63) is 28.5 Å². The largest absolute Gasteiger partial charge is 0.309 e. The lowest BCUT2D eigenvalue weighted by molar-refractivity contribution is -0.119. The lowest BCUT2D eigenvalue weighted by atomic mass is 10.2. The van der Waals surface area contributed by atoms with Gasteiger partial charge < -0.3 is 4.90 Å². The van der Waals surface area contributed by atoms with Crippen molar-refractivity contribution in [3.8, 4) is 0 Å². The van der Waals surface area contributed by atoms with Crippen molar-refractivity contribution in [1.82, 2.24) is 0 Å². The van der Waals surface area contributed by atoms with Gasteiger partial charge in [0.15, 0.2) is 0 Å². The van der Waals surface area contributed by atoms with Gasteiger partial charge in [-0.15, -0.1) is 0 Å². The number of hydrogen-bond acceptors (Lipinski definition) is 1. The first-order valence-electron chi connectivity index (χ1n) is 5.95. The molecule has 0 aromatic heterocycles. The van der Waals surface area contributed by atoms with Crippen molar-refractivity contribution >= 4 is 27.5 Å². The van der Waals surface area contributed by atoms with E-state index in [0.29, 0.717) is 16.2 Å². The molecule has 0 atom stereocenters. The van der Waals surface area contributed by atoms with Crippen molar-refractivity contribution in [2.45, 2.75) is 31.7 Å². The van der Waals surface area contributed by atoms with Crippen LogP contribution in [0.2, 0.25) is 0 Å². The number of carbonyl (C=O) groups is 1. The normalized spacial score (nSPS) is 19.2. The summed E-state index contributed by atoms with van der Waals surface area (Å²) in [5, 5.41) is 0. The average Bonchev–Trinajstić information content (AvgIpc) is 3.16. The summed E-state index contributed by atoms with van der Waals surface area (Å²) < 4.78 is 14.0. The lowest BCUT2D eigenvalue weighted by Crippen LogP contribution is -2.34. The van der Waals surface area contributed by atoms with E-state index in [4.69, 9.17) is 0 Å². The standard InChI is InChI=1S/C13H13BrFNO/c14-11-6-5-10(7-12(11)15)16(9-3-4-9)13(17)8-1-2-8/h5-9H,1-4H2. The Kier molecular flexibility index (Phi) is 2.69. The summed E-state index contributed by atoms with van der Waals surface area (Å²) in [4.78, 5) is 14.0. The highest BCUT2D eigenvalue weighted by Gasteiger charge is 2.40. The molecule has 1 aromatic rings. The van der Waals surface area contributed by atoms with Gasteiger partial charge in [0, 0.05) is 17.6 Å². The molecule has 2 nitrogen and oxygen atoms in total. The second-order valence-corrected chi connectivity index (χ2v) is 5.67. The molecule has 0 radical (unpaired) electrons. The Balaban J connectivity index is 1.91. The van der Waals surface area contributed by atoms with Gasteiger partial charge in [0.2, 0.25) is 5.91 Å². The van der Waals surface area contributed by atoms with E-state index in [0.717, 1.165) is 25.7 Å². The highest BCUT2D eigenvalue weighted by molar-refractivity contribution is 9.10. The monoisotopic (exact) mass is 297 g/mol. The quantitative estimate of drug-likeness (QED) is 0.836. The van der Waals surface area contributed by atoms with Crippen LogP contribution in [0.15, 0.2) is 22.7 Å². The van der Waals surface area contributed by atoms with Crippen LogP contribution in [0.25, 0.3) is 0 Å². The van der Waals surface area contributed by atoms with E-state index in [1.807, 2.05) is 6.07 Å². The van der Waals surface area contributed by atoms with Crippen molar-refractivity contribution in [3.63, 3.8) is 0 Å². The number of hydrogen-bond donors (Lipinski definition) is 0. The molecule has 3 rings (SSSR count). The number of nitrogens with zero attached hydrogens (tertiary/aromatic N) is 1. The molecule has 17 heavy (non-hydrogen) atoms. The smallest absolute Gasteiger partial charge is 0.230 e. The van der Waals surface area contributed by atoms with Gasteiger partial charge in [-0.05, 0) is 59.8 Å². The van der Waals surface area contributed by atoms with Gasteiger partial charge in [-0.1, -0.05) is 0 Å². The topological polar surface area (TPSA) is 20.3 Å². The van der Waals surface area contributed by atoms with Crippen LogP contribution < -0.4 is 4.90 Å². The first-order valence-corrected chi connectivity index (χ1v) is 6.74. The Hall–Kier alpha value is -0.900. The summed E-state index contributed by atoms with van der Waals surface area (Å²) in [6, 6.07) is 5.22. The van der Waals surface area contributed by atoms with E-state index < -0.39 is 0 Å². The van der Waals surface area contributed by atoms with Gasteiger partial charge in [-0.3, -0.25) is 4.79 Å². The number of carbonyl (C=O) groups excluding carboxylic acids is 1. The Morgan fingerprint density at radius 2 is 2.00 bits per heavy atom. The highest BCUT2D eigenvalue weighted by Crippen LogP contribution is 2.39. The molecule has 0 bridgehead atoms. The zero-order valence-electron chi connectivity index (χ0n) is 9.33. The number of halogens is 2. The number of benzene rings is 1. The lowest BCUT2D eigenvalue weighted by Gasteiger charge is -2.22. The fourth-order valence-electron chi connectivity index (χ4n) is 2.01. The van der Waals surface area contributed by atoms with Gasteiger partial charge >= 0.3 is 0 Å². The predicted molar refractivity (Wildman–Crippen MR) is 67.3 cm³/mol. The third kappa shape index (κ3) is 2.23. The van der Waals surface area contributed by atoms with E-state index in [1.165, 1.54) is 6.07 Å². The molecule has 1 amide bonds. The molecule has 0 spiro atoms.